The molecule has 0 radical (unpaired) electrons. The normalized spacial score (nSPS) is 10.1. The summed E-state index contributed by atoms with van der Waals surface area (Å²) in [7, 11) is 0. The Bertz CT molecular complexity index is 750. The molecule has 6 nitrogen and oxygen atoms in total. The molecule has 0 aliphatic rings. The number of carbonyl (C=O) groups is 2. The highest BCUT2D eigenvalue weighted by atomic mass is 32.1. The molecular formula is C16H12N4O2S. The van der Waals surface area contributed by atoms with Crippen molar-refractivity contribution in [3.63, 3.8) is 0 Å². The van der Waals surface area contributed by atoms with Crippen LogP contribution < -0.4 is 10.6 Å². The van der Waals surface area contributed by atoms with E-state index in [4.69, 9.17) is 0 Å². The fourth-order valence-electron chi connectivity index (χ4n) is 1.82. The number of nitrogens with one attached hydrogen (secondary N) is 2. The van der Waals surface area contributed by atoms with Crippen molar-refractivity contribution in [1.82, 2.24) is 10.2 Å². The summed E-state index contributed by atoms with van der Waals surface area (Å²) in [6.07, 6.45) is 0. The number of nitrogens with zero attached hydrogens (tertiary/aromatic N) is 2. The lowest BCUT2D eigenvalue weighted by molar-refractivity contribution is 0.101. The van der Waals surface area contributed by atoms with Gasteiger partial charge in [-0.2, -0.15) is 0 Å². The molecule has 3 rings (SSSR count). The van der Waals surface area contributed by atoms with Crippen molar-refractivity contribution in [1.29, 1.82) is 0 Å². The maximum absolute atomic E-state index is 12.1. The zero-order valence-electron chi connectivity index (χ0n) is 11.9. The van der Waals surface area contributed by atoms with E-state index in [1.54, 1.807) is 24.3 Å². The second-order valence-electron chi connectivity index (χ2n) is 4.55. The van der Waals surface area contributed by atoms with E-state index in [2.05, 4.69) is 20.8 Å². The molecule has 3 aromatic rings. The molecule has 2 N–H and O–H groups in total. The first-order chi connectivity index (χ1) is 11.2. The second-order valence-corrected chi connectivity index (χ2v) is 5.53. The van der Waals surface area contributed by atoms with Crippen molar-refractivity contribution in [2.45, 2.75) is 0 Å². The van der Waals surface area contributed by atoms with E-state index in [1.165, 1.54) is 0 Å². The Hall–Kier alpha value is -3.06. The van der Waals surface area contributed by atoms with Crippen LogP contribution >= 0.6 is 11.3 Å². The second kappa shape index (κ2) is 6.80. The van der Waals surface area contributed by atoms with E-state index in [1.807, 2.05) is 36.4 Å². The Balaban J connectivity index is 1.68. The molecule has 1 heterocycles. The first kappa shape index (κ1) is 14.9. The quantitative estimate of drug-likeness (QED) is 0.772. The zero-order valence-corrected chi connectivity index (χ0v) is 12.7. The van der Waals surface area contributed by atoms with E-state index < -0.39 is 11.8 Å². The summed E-state index contributed by atoms with van der Waals surface area (Å²) in [5.41, 5.74) is 1.31. The van der Waals surface area contributed by atoms with Crippen LogP contribution in [-0.4, -0.2) is 22.0 Å². The summed E-state index contributed by atoms with van der Waals surface area (Å²) in [6, 6.07) is 18.0. The molecular weight excluding hydrogens is 312 g/mol. The van der Waals surface area contributed by atoms with Crippen molar-refractivity contribution in [2.75, 3.05) is 10.6 Å². The predicted molar refractivity (Wildman–Crippen MR) is 88.7 cm³/mol. The molecule has 2 amide bonds. The van der Waals surface area contributed by atoms with Gasteiger partial charge in [-0.1, -0.05) is 47.7 Å². The van der Waals surface area contributed by atoms with Crippen LogP contribution in [0.4, 0.5) is 11.4 Å². The van der Waals surface area contributed by atoms with Crippen LogP contribution in [0.25, 0.3) is 0 Å². The Labute approximate surface area is 136 Å². The van der Waals surface area contributed by atoms with Crippen LogP contribution in [0, 0.1) is 0 Å². The van der Waals surface area contributed by atoms with Gasteiger partial charge in [-0.15, -0.1) is 10.2 Å². The zero-order chi connectivity index (χ0) is 16.1. The van der Waals surface area contributed by atoms with Crippen molar-refractivity contribution >= 4 is 34.5 Å². The lowest BCUT2D eigenvalue weighted by atomic mass is 10.3. The van der Waals surface area contributed by atoms with Crippen molar-refractivity contribution in [2.24, 2.45) is 0 Å². The van der Waals surface area contributed by atoms with Gasteiger partial charge in [0.2, 0.25) is 10.0 Å². The van der Waals surface area contributed by atoms with Crippen LogP contribution in [0.5, 0.6) is 0 Å². The monoisotopic (exact) mass is 324 g/mol. The highest BCUT2D eigenvalue weighted by Crippen LogP contribution is 2.15. The third-order valence-corrected chi connectivity index (χ3v) is 3.80. The highest BCUT2D eigenvalue weighted by molar-refractivity contribution is 7.15. The molecule has 2 aromatic carbocycles. The molecule has 0 saturated heterocycles. The predicted octanol–water partition coefficient (Wildman–Crippen LogP) is 3.04. The Morgan fingerprint density at radius 2 is 1.09 bits per heavy atom. The van der Waals surface area contributed by atoms with Crippen LogP contribution in [0.15, 0.2) is 60.7 Å². The van der Waals surface area contributed by atoms with E-state index in [0.29, 0.717) is 11.4 Å². The molecule has 114 valence electrons. The van der Waals surface area contributed by atoms with Crippen molar-refractivity contribution in [3.05, 3.63) is 70.7 Å². The molecule has 7 heteroatoms. The van der Waals surface area contributed by atoms with Crippen molar-refractivity contribution < 1.29 is 9.59 Å². The molecule has 0 fully saturated rings. The number of para-hydroxylation sites is 2. The van der Waals surface area contributed by atoms with Gasteiger partial charge in [-0.25, -0.2) is 0 Å². The summed E-state index contributed by atoms with van der Waals surface area (Å²) < 4.78 is 0. The Morgan fingerprint density at radius 3 is 1.48 bits per heavy atom. The van der Waals surface area contributed by atoms with Gasteiger partial charge in [0.25, 0.3) is 11.8 Å². The van der Waals surface area contributed by atoms with E-state index in [0.717, 1.165) is 11.3 Å². The molecule has 0 atom stereocenters. The molecule has 0 bridgehead atoms. The first-order valence-corrected chi connectivity index (χ1v) is 7.60. The Morgan fingerprint density at radius 1 is 0.696 bits per heavy atom. The SMILES string of the molecule is O=C(Nc1ccccc1)c1nnc(C(=O)Nc2ccccc2)s1. The van der Waals surface area contributed by atoms with Gasteiger partial charge < -0.3 is 10.6 Å². The van der Waals surface area contributed by atoms with Gasteiger partial charge in [0.15, 0.2) is 0 Å². The van der Waals surface area contributed by atoms with Crippen LogP contribution in [0.1, 0.15) is 19.6 Å². The average molecular weight is 324 g/mol. The first-order valence-electron chi connectivity index (χ1n) is 6.79. The number of hydrogen-bond acceptors (Lipinski definition) is 5. The van der Waals surface area contributed by atoms with Gasteiger partial charge >= 0.3 is 0 Å². The number of rotatable bonds is 4. The number of carbonyl (C=O) groups excluding carboxylic acids is 2. The fourth-order valence-corrected chi connectivity index (χ4v) is 2.45. The topological polar surface area (TPSA) is 84.0 Å². The number of benzene rings is 2. The number of aromatic nitrogens is 2. The lowest BCUT2D eigenvalue weighted by Crippen LogP contribution is -2.11. The average Bonchev–Trinajstić information content (AvgIpc) is 3.07. The Kier molecular flexibility index (Phi) is 4.39. The molecule has 0 aliphatic carbocycles. The minimum Gasteiger partial charge on any atom is -0.320 e. The van der Waals surface area contributed by atoms with Crippen LogP contribution in [0.2, 0.25) is 0 Å². The fraction of sp³-hybridized carbons (Fsp3) is 0. The van der Waals surface area contributed by atoms with Gasteiger partial charge in [-0.05, 0) is 24.3 Å². The summed E-state index contributed by atoms with van der Waals surface area (Å²) in [5, 5.41) is 13.2. The molecule has 23 heavy (non-hydrogen) atoms. The third-order valence-electron chi connectivity index (χ3n) is 2.88. The van der Waals surface area contributed by atoms with Gasteiger partial charge in [0, 0.05) is 11.4 Å². The van der Waals surface area contributed by atoms with Gasteiger partial charge in [-0.3, -0.25) is 9.59 Å². The van der Waals surface area contributed by atoms with Crippen LogP contribution in [0.3, 0.4) is 0 Å². The van der Waals surface area contributed by atoms with Crippen LogP contribution in [-0.2, 0) is 0 Å². The van der Waals surface area contributed by atoms with E-state index in [-0.39, 0.29) is 10.0 Å². The molecule has 0 unspecified atom stereocenters. The summed E-state index contributed by atoms with van der Waals surface area (Å²) in [4.78, 5) is 24.1. The minimum absolute atomic E-state index is 0.132. The van der Waals surface area contributed by atoms with E-state index >= 15 is 0 Å². The minimum atomic E-state index is -0.396. The largest absolute Gasteiger partial charge is 0.320 e. The van der Waals surface area contributed by atoms with Crippen molar-refractivity contribution in [3.8, 4) is 0 Å². The van der Waals surface area contributed by atoms with Gasteiger partial charge in [0.05, 0.1) is 0 Å². The molecule has 0 spiro atoms. The molecule has 0 saturated carbocycles. The number of anilines is 2. The maximum Gasteiger partial charge on any atom is 0.286 e. The maximum atomic E-state index is 12.1. The smallest absolute Gasteiger partial charge is 0.286 e. The van der Waals surface area contributed by atoms with Gasteiger partial charge in [0.1, 0.15) is 0 Å². The summed E-state index contributed by atoms with van der Waals surface area (Å²) in [6.45, 7) is 0. The highest BCUT2D eigenvalue weighted by Gasteiger charge is 2.17. The number of hydrogen-bond donors (Lipinski definition) is 2. The third kappa shape index (κ3) is 3.78. The lowest BCUT2D eigenvalue weighted by Gasteiger charge is -2.01. The molecule has 1 aromatic heterocycles. The van der Waals surface area contributed by atoms with E-state index in [9.17, 15) is 9.59 Å². The summed E-state index contributed by atoms with van der Waals surface area (Å²) in [5.74, 6) is -0.792. The summed E-state index contributed by atoms with van der Waals surface area (Å²) >= 11 is 0.941. The number of amides is 2. The molecule has 0 aliphatic heterocycles. The standard InChI is InChI=1S/C16H12N4O2S/c21-13(17-11-7-3-1-4-8-11)15-19-20-16(23-15)14(22)18-12-9-5-2-6-10-12/h1-10H,(H,17,21)(H,18,22).